The molecule has 10 heteroatoms. The zero-order valence-corrected chi connectivity index (χ0v) is 25.2. The topological polar surface area (TPSA) is 90.7 Å². The number of aliphatic hydroxyl groups excluding tert-OH is 1. The van der Waals surface area contributed by atoms with Crippen molar-refractivity contribution in [3.8, 4) is 5.69 Å². The van der Waals surface area contributed by atoms with Crippen LogP contribution in [0.25, 0.3) is 5.69 Å². The summed E-state index contributed by atoms with van der Waals surface area (Å²) < 4.78 is 1.77. The molecule has 0 bridgehead atoms. The van der Waals surface area contributed by atoms with E-state index in [4.69, 9.17) is 11.6 Å². The average Bonchev–Trinajstić information content (AvgIpc) is 3.25. The Kier molecular flexibility index (Phi) is 10.2. The number of carbonyl (C=O) groups is 2. The van der Waals surface area contributed by atoms with Crippen LogP contribution < -0.4 is 5.32 Å². The summed E-state index contributed by atoms with van der Waals surface area (Å²) in [4.78, 5) is 31.7. The second kappa shape index (κ2) is 13.2. The summed E-state index contributed by atoms with van der Waals surface area (Å²) in [5.74, 6) is -0.150. The molecule has 2 aliphatic heterocycles. The molecule has 2 atom stereocenters. The normalized spacial score (nSPS) is 22.7. The summed E-state index contributed by atoms with van der Waals surface area (Å²) in [6, 6.07) is 9.01. The second-order valence-corrected chi connectivity index (χ2v) is 12.0. The SMILES string of the molecule is CCCCN1C(=O)[C@@H]([C@H](O)C2CCCCC2)NC(=O)C12CCN(Cc1c(C)nn(-c3ccccc3)c1Cl)CC2.Cl. The molecule has 3 aliphatic rings. The van der Waals surface area contributed by atoms with E-state index in [0.717, 1.165) is 55.5 Å². The number of carbonyl (C=O) groups excluding carboxylic acids is 2. The fraction of sp³-hybridized carbons (Fsp3) is 0.633. The third-order valence-electron chi connectivity index (χ3n) is 9.16. The van der Waals surface area contributed by atoms with E-state index < -0.39 is 17.7 Å². The number of piperazine rings is 1. The number of piperidine rings is 1. The number of benzene rings is 1. The van der Waals surface area contributed by atoms with Crippen LogP contribution in [-0.2, 0) is 16.1 Å². The van der Waals surface area contributed by atoms with Crippen LogP contribution in [0.5, 0.6) is 0 Å². The van der Waals surface area contributed by atoms with Gasteiger partial charge < -0.3 is 15.3 Å². The maximum atomic E-state index is 13.8. The minimum Gasteiger partial charge on any atom is -0.390 e. The van der Waals surface area contributed by atoms with Gasteiger partial charge in [-0.3, -0.25) is 14.5 Å². The van der Waals surface area contributed by atoms with Crippen LogP contribution in [0.15, 0.2) is 30.3 Å². The lowest BCUT2D eigenvalue weighted by atomic mass is 9.78. The van der Waals surface area contributed by atoms with Crippen molar-refractivity contribution >= 4 is 35.8 Å². The zero-order valence-electron chi connectivity index (χ0n) is 23.6. The maximum absolute atomic E-state index is 13.8. The van der Waals surface area contributed by atoms with Crippen molar-refractivity contribution in [1.29, 1.82) is 0 Å². The van der Waals surface area contributed by atoms with Crippen molar-refractivity contribution in [3.05, 3.63) is 46.7 Å². The molecule has 3 fully saturated rings. The molecule has 5 rings (SSSR count). The second-order valence-electron chi connectivity index (χ2n) is 11.6. The number of hydrogen-bond acceptors (Lipinski definition) is 5. The van der Waals surface area contributed by atoms with E-state index in [-0.39, 0.29) is 30.1 Å². The molecule has 0 unspecified atom stereocenters. The van der Waals surface area contributed by atoms with E-state index in [9.17, 15) is 14.7 Å². The highest BCUT2D eigenvalue weighted by Gasteiger charge is 2.55. The van der Waals surface area contributed by atoms with Crippen LogP contribution in [0.3, 0.4) is 0 Å². The van der Waals surface area contributed by atoms with Crippen LogP contribution in [-0.4, -0.2) is 73.8 Å². The highest BCUT2D eigenvalue weighted by Crippen LogP contribution is 2.37. The Balaban J connectivity index is 0.00000370. The molecule has 1 aliphatic carbocycles. The highest BCUT2D eigenvalue weighted by molar-refractivity contribution is 6.30. The van der Waals surface area contributed by atoms with Gasteiger partial charge in [0.25, 0.3) is 0 Å². The Morgan fingerprint density at radius 2 is 1.80 bits per heavy atom. The first kappa shape index (κ1) is 30.8. The summed E-state index contributed by atoms with van der Waals surface area (Å²) in [5, 5.41) is 19.5. The van der Waals surface area contributed by atoms with Crippen LogP contribution in [0.4, 0.5) is 0 Å². The van der Waals surface area contributed by atoms with E-state index in [1.807, 2.05) is 42.2 Å². The number of para-hydroxylation sites is 1. The van der Waals surface area contributed by atoms with Crippen LogP contribution >= 0.6 is 24.0 Å². The predicted molar refractivity (Wildman–Crippen MR) is 159 cm³/mol. The zero-order chi connectivity index (χ0) is 27.6. The molecule has 2 aromatic rings. The smallest absolute Gasteiger partial charge is 0.248 e. The Morgan fingerprint density at radius 3 is 2.45 bits per heavy atom. The van der Waals surface area contributed by atoms with Gasteiger partial charge in [0.05, 0.1) is 17.5 Å². The summed E-state index contributed by atoms with van der Waals surface area (Å²) in [7, 11) is 0. The van der Waals surface area contributed by atoms with Crippen molar-refractivity contribution < 1.29 is 14.7 Å². The molecular weight excluding hydrogens is 549 g/mol. The standard InChI is InChI=1S/C30H42ClN5O3.ClH/c1-3-4-17-35-28(38)25(26(37)22-11-7-5-8-12-22)32-29(39)30(35)15-18-34(19-16-30)20-24-21(2)33-36(27(24)31)23-13-9-6-10-14-23;/h6,9-10,13-14,22,25-26,37H,3-5,7-8,11-12,15-20H2,1-2H3,(H,32,39);1H/t25-,26-;/m1./s1. The summed E-state index contributed by atoms with van der Waals surface area (Å²) in [6.45, 7) is 6.60. The van der Waals surface area contributed by atoms with Gasteiger partial charge in [-0.1, -0.05) is 62.4 Å². The van der Waals surface area contributed by atoms with E-state index in [0.29, 0.717) is 44.2 Å². The van der Waals surface area contributed by atoms with E-state index in [1.54, 1.807) is 4.68 Å². The Morgan fingerprint density at radius 1 is 1.12 bits per heavy atom. The van der Waals surface area contributed by atoms with Crippen molar-refractivity contribution in [2.24, 2.45) is 5.92 Å². The number of amides is 2. The summed E-state index contributed by atoms with van der Waals surface area (Å²) >= 11 is 6.79. The van der Waals surface area contributed by atoms with E-state index in [1.165, 1.54) is 6.42 Å². The largest absolute Gasteiger partial charge is 0.390 e. The van der Waals surface area contributed by atoms with Gasteiger partial charge in [0.2, 0.25) is 11.8 Å². The molecule has 220 valence electrons. The van der Waals surface area contributed by atoms with Crippen molar-refractivity contribution in [2.45, 2.75) is 95.9 Å². The van der Waals surface area contributed by atoms with E-state index in [2.05, 4.69) is 22.2 Å². The van der Waals surface area contributed by atoms with Gasteiger partial charge in [-0.25, -0.2) is 4.68 Å². The molecule has 1 aromatic heterocycles. The number of aromatic nitrogens is 2. The third kappa shape index (κ3) is 5.91. The predicted octanol–water partition coefficient (Wildman–Crippen LogP) is 4.66. The molecule has 40 heavy (non-hydrogen) atoms. The lowest BCUT2D eigenvalue weighted by Crippen LogP contribution is -2.75. The van der Waals surface area contributed by atoms with Gasteiger partial charge in [0.1, 0.15) is 16.7 Å². The van der Waals surface area contributed by atoms with Gasteiger partial charge >= 0.3 is 0 Å². The molecule has 8 nitrogen and oxygen atoms in total. The number of unbranched alkanes of at least 4 members (excludes halogenated alkanes) is 1. The average molecular weight is 593 g/mol. The van der Waals surface area contributed by atoms with Gasteiger partial charge in [-0.2, -0.15) is 5.10 Å². The fourth-order valence-electron chi connectivity index (χ4n) is 6.71. The Labute approximate surface area is 248 Å². The first-order chi connectivity index (χ1) is 18.9. The molecule has 0 radical (unpaired) electrons. The fourth-order valence-corrected chi connectivity index (χ4v) is 7.04. The number of nitrogens with one attached hydrogen (secondary N) is 1. The number of halogens is 2. The molecule has 1 saturated carbocycles. The van der Waals surface area contributed by atoms with Gasteiger partial charge in [0, 0.05) is 31.7 Å². The van der Waals surface area contributed by atoms with Crippen LogP contribution in [0.1, 0.15) is 76.0 Å². The van der Waals surface area contributed by atoms with E-state index >= 15 is 0 Å². The minimum atomic E-state index is -0.863. The summed E-state index contributed by atoms with van der Waals surface area (Å²) in [5.41, 5.74) is 1.93. The number of rotatable bonds is 8. The number of hydrogen-bond donors (Lipinski definition) is 2. The van der Waals surface area contributed by atoms with Gasteiger partial charge in [0.15, 0.2) is 0 Å². The Bertz CT molecular complexity index is 1160. The third-order valence-corrected chi connectivity index (χ3v) is 9.54. The molecule has 2 saturated heterocycles. The number of aryl methyl sites for hydroxylation is 1. The quantitative estimate of drug-likeness (QED) is 0.466. The highest BCUT2D eigenvalue weighted by atomic mass is 35.5. The lowest BCUT2D eigenvalue weighted by molar-refractivity contribution is -0.166. The molecule has 2 amide bonds. The van der Waals surface area contributed by atoms with Crippen molar-refractivity contribution in [2.75, 3.05) is 19.6 Å². The molecule has 1 spiro atoms. The summed E-state index contributed by atoms with van der Waals surface area (Å²) in [6.07, 6.45) is 7.22. The first-order valence-corrected chi connectivity index (χ1v) is 15.1. The molecular formula is C30H43Cl2N5O3. The molecule has 1 aromatic carbocycles. The number of nitrogens with zero attached hydrogens (tertiary/aromatic N) is 4. The van der Waals surface area contributed by atoms with Crippen LogP contribution in [0.2, 0.25) is 5.15 Å². The van der Waals surface area contributed by atoms with Crippen molar-refractivity contribution in [3.63, 3.8) is 0 Å². The first-order valence-electron chi connectivity index (χ1n) is 14.7. The number of aliphatic hydroxyl groups is 1. The number of likely N-dealkylation sites (tertiary alicyclic amines) is 1. The monoisotopic (exact) mass is 591 g/mol. The molecule has 2 N–H and O–H groups in total. The van der Waals surface area contributed by atoms with Gasteiger partial charge in [-0.15, -0.1) is 12.4 Å². The van der Waals surface area contributed by atoms with Crippen LogP contribution in [0, 0.1) is 12.8 Å². The molecule has 3 heterocycles. The maximum Gasteiger partial charge on any atom is 0.248 e. The minimum absolute atomic E-state index is 0. The van der Waals surface area contributed by atoms with Gasteiger partial charge in [-0.05, 0) is 57.1 Å². The Hall–Kier alpha value is -2.13. The lowest BCUT2D eigenvalue weighted by Gasteiger charge is -2.52. The van der Waals surface area contributed by atoms with Crippen molar-refractivity contribution in [1.82, 2.24) is 24.9 Å².